The van der Waals surface area contributed by atoms with Gasteiger partial charge in [-0.15, -0.1) is 0 Å². The number of carbonyl (C=O) groups excluding carboxylic acids is 1. The number of benzene rings is 2. The first-order valence-corrected chi connectivity index (χ1v) is 7.12. The van der Waals surface area contributed by atoms with Crippen molar-refractivity contribution in [1.82, 2.24) is 5.32 Å². The minimum absolute atomic E-state index is 0.269. The molecule has 5 nitrogen and oxygen atoms in total. The van der Waals surface area contributed by atoms with E-state index in [4.69, 9.17) is 10.6 Å². The highest BCUT2D eigenvalue weighted by atomic mass is 16.6. The predicted octanol–water partition coefficient (Wildman–Crippen LogP) is 2.55. The second-order valence-corrected chi connectivity index (χ2v) is 4.85. The van der Waals surface area contributed by atoms with Crippen molar-refractivity contribution in [2.75, 3.05) is 6.61 Å². The van der Waals surface area contributed by atoms with Gasteiger partial charge < -0.3 is 14.9 Å². The molecule has 0 saturated heterocycles. The van der Waals surface area contributed by atoms with Gasteiger partial charge in [-0.25, -0.2) is 10.7 Å². The van der Waals surface area contributed by atoms with E-state index < -0.39 is 6.09 Å². The quantitative estimate of drug-likeness (QED) is 0.771. The van der Waals surface area contributed by atoms with Crippen LogP contribution in [-0.4, -0.2) is 12.7 Å². The minimum atomic E-state index is -0.426. The standard InChI is InChI=1S/C17H20N2O3/c18-22-11-10-14-6-8-15(9-7-14)12-19-17(20)21-13-16-4-2-1-3-5-16/h1-9H,10-13,18H2,(H,19,20). The van der Waals surface area contributed by atoms with Crippen LogP contribution in [0.15, 0.2) is 54.6 Å². The van der Waals surface area contributed by atoms with Gasteiger partial charge in [0.15, 0.2) is 0 Å². The van der Waals surface area contributed by atoms with Gasteiger partial charge in [0, 0.05) is 6.54 Å². The summed E-state index contributed by atoms with van der Waals surface area (Å²) in [4.78, 5) is 16.2. The maximum absolute atomic E-state index is 11.6. The molecule has 0 aromatic heterocycles. The summed E-state index contributed by atoms with van der Waals surface area (Å²) in [5.74, 6) is 5.00. The molecule has 0 spiro atoms. The van der Waals surface area contributed by atoms with E-state index >= 15 is 0 Å². The molecule has 0 bridgehead atoms. The summed E-state index contributed by atoms with van der Waals surface area (Å²) < 4.78 is 5.15. The average molecular weight is 300 g/mol. The number of hydrogen-bond acceptors (Lipinski definition) is 4. The highest BCUT2D eigenvalue weighted by Gasteiger charge is 2.03. The Kier molecular flexibility index (Phi) is 6.41. The number of nitrogens with two attached hydrogens (primary N) is 1. The normalized spacial score (nSPS) is 10.2. The Labute approximate surface area is 130 Å². The van der Waals surface area contributed by atoms with Crippen LogP contribution >= 0.6 is 0 Å². The molecule has 0 saturated carbocycles. The van der Waals surface area contributed by atoms with Crippen LogP contribution in [0.2, 0.25) is 0 Å². The third-order valence-electron chi connectivity index (χ3n) is 3.18. The summed E-state index contributed by atoms with van der Waals surface area (Å²) in [5, 5.41) is 2.73. The van der Waals surface area contributed by atoms with E-state index in [1.807, 2.05) is 54.6 Å². The Balaban J connectivity index is 1.71. The van der Waals surface area contributed by atoms with E-state index in [0.29, 0.717) is 13.2 Å². The highest BCUT2D eigenvalue weighted by Crippen LogP contribution is 2.06. The Bertz CT molecular complexity index is 570. The molecule has 0 atom stereocenters. The van der Waals surface area contributed by atoms with Gasteiger partial charge in [-0.3, -0.25) is 0 Å². The Hall–Kier alpha value is -2.37. The van der Waals surface area contributed by atoms with Gasteiger partial charge in [0.2, 0.25) is 0 Å². The molecule has 2 aromatic rings. The molecule has 0 fully saturated rings. The molecule has 0 aliphatic carbocycles. The SMILES string of the molecule is NOCCc1ccc(CNC(=O)OCc2ccccc2)cc1. The fourth-order valence-electron chi connectivity index (χ4n) is 1.95. The zero-order valence-corrected chi connectivity index (χ0v) is 12.3. The number of nitrogens with one attached hydrogen (secondary N) is 1. The van der Waals surface area contributed by atoms with Gasteiger partial charge >= 0.3 is 6.09 Å². The van der Waals surface area contributed by atoms with Gasteiger partial charge in [-0.05, 0) is 23.1 Å². The molecule has 2 aromatic carbocycles. The van der Waals surface area contributed by atoms with Crippen molar-refractivity contribution in [2.45, 2.75) is 19.6 Å². The van der Waals surface area contributed by atoms with Crippen molar-refractivity contribution < 1.29 is 14.4 Å². The molecule has 0 unspecified atom stereocenters. The summed E-state index contributed by atoms with van der Waals surface area (Å²) in [6, 6.07) is 17.5. The average Bonchev–Trinajstić information content (AvgIpc) is 2.58. The number of hydrogen-bond donors (Lipinski definition) is 2. The molecule has 0 heterocycles. The van der Waals surface area contributed by atoms with Crippen LogP contribution in [0, 0.1) is 0 Å². The third-order valence-corrected chi connectivity index (χ3v) is 3.18. The van der Waals surface area contributed by atoms with Crippen molar-refractivity contribution in [1.29, 1.82) is 0 Å². The Morgan fingerprint density at radius 1 is 0.955 bits per heavy atom. The first-order chi connectivity index (χ1) is 10.8. The number of carbonyl (C=O) groups is 1. The second kappa shape index (κ2) is 8.81. The summed E-state index contributed by atoms with van der Waals surface area (Å²) in [6.45, 7) is 1.19. The van der Waals surface area contributed by atoms with E-state index in [2.05, 4.69) is 10.2 Å². The fourth-order valence-corrected chi connectivity index (χ4v) is 1.95. The maximum atomic E-state index is 11.6. The lowest BCUT2D eigenvalue weighted by atomic mass is 10.1. The number of rotatable bonds is 7. The molecular formula is C17H20N2O3. The monoisotopic (exact) mass is 300 g/mol. The molecule has 0 radical (unpaired) electrons. The molecular weight excluding hydrogens is 280 g/mol. The highest BCUT2D eigenvalue weighted by molar-refractivity contribution is 5.67. The smallest absolute Gasteiger partial charge is 0.407 e. The molecule has 0 aliphatic heterocycles. The van der Waals surface area contributed by atoms with Crippen LogP contribution in [0.4, 0.5) is 4.79 Å². The number of amides is 1. The van der Waals surface area contributed by atoms with Gasteiger partial charge in [-0.2, -0.15) is 0 Å². The van der Waals surface area contributed by atoms with Crippen molar-refractivity contribution in [3.8, 4) is 0 Å². The maximum Gasteiger partial charge on any atom is 0.407 e. The van der Waals surface area contributed by atoms with Gasteiger partial charge in [0.25, 0.3) is 0 Å². The summed E-state index contributed by atoms with van der Waals surface area (Å²) in [6.07, 6.45) is 0.341. The molecule has 5 heteroatoms. The zero-order valence-electron chi connectivity index (χ0n) is 12.3. The predicted molar refractivity (Wildman–Crippen MR) is 83.8 cm³/mol. The molecule has 1 amide bonds. The largest absolute Gasteiger partial charge is 0.445 e. The van der Waals surface area contributed by atoms with Gasteiger partial charge in [0.05, 0.1) is 6.61 Å². The molecule has 0 aliphatic rings. The van der Waals surface area contributed by atoms with E-state index in [0.717, 1.165) is 23.1 Å². The summed E-state index contributed by atoms with van der Waals surface area (Å²) >= 11 is 0. The van der Waals surface area contributed by atoms with Crippen LogP contribution in [0.1, 0.15) is 16.7 Å². The van der Waals surface area contributed by atoms with E-state index in [9.17, 15) is 4.79 Å². The fraction of sp³-hybridized carbons (Fsp3) is 0.235. The van der Waals surface area contributed by atoms with Gasteiger partial charge in [-0.1, -0.05) is 54.6 Å². The van der Waals surface area contributed by atoms with E-state index in [1.54, 1.807) is 0 Å². The minimum Gasteiger partial charge on any atom is -0.445 e. The molecule has 3 N–H and O–H groups in total. The Morgan fingerprint density at radius 3 is 2.32 bits per heavy atom. The molecule has 22 heavy (non-hydrogen) atoms. The van der Waals surface area contributed by atoms with Crippen LogP contribution in [0.3, 0.4) is 0 Å². The van der Waals surface area contributed by atoms with Crippen LogP contribution in [0.25, 0.3) is 0 Å². The number of alkyl carbamates (subject to hydrolysis) is 1. The summed E-state index contributed by atoms with van der Waals surface area (Å²) in [7, 11) is 0. The Morgan fingerprint density at radius 2 is 1.64 bits per heavy atom. The van der Waals surface area contributed by atoms with Crippen LogP contribution in [0.5, 0.6) is 0 Å². The second-order valence-electron chi connectivity index (χ2n) is 4.85. The van der Waals surface area contributed by atoms with E-state index in [-0.39, 0.29) is 6.61 Å². The lowest BCUT2D eigenvalue weighted by molar-refractivity contribution is 0.139. The van der Waals surface area contributed by atoms with E-state index in [1.165, 1.54) is 0 Å². The topological polar surface area (TPSA) is 73.6 Å². The first-order valence-electron chi connectivity index (χ1n) is 7.12. The van der Waals surface area contributed by atoms with Gasteiger partial charge in [0.1, 0.15) is 6.61 Å². The molecule has 2 rings (SSSR count). The van der Waals surface area contributed by atoms with Crippen molar-refractivity contribution in [2.24, 2.45) is 5.90 Å². The zero-order chi connectivity index (χ0) is 15.6. The lowest BCUT2D eigenvalue weighted by Crippen LogP contribution is -2.23. The first kappa shape index (κ1) is 16.0. The number of ether oxygens (including phenoxy) is 1. The van der Waals surface area contributed by atoms with Crippen molar-refractivity contribution >= 4 is 6.09 Å². The third kappa shape index (κ3) is 5.55. The molecule has 116 valence electrons. The summed E-state index contributed by atoms with van der Waals surface area (Å²) in [5.41, 5.74) is 3.11. The van der Waals surface area contributed by atoms with Crippen molar-refractivity contribution in [3.63, 3.8) is 0 Å². The lowest BCUT2D eigenvalue weighted by Gasteiger charge is -2.08. The van der Waals surface area contributed by atoms with Crippen molar-refractivity contribution in [3.05, 3.63) is 71.3 Å². The van der Waals surface area contributed by atoms with Crippen LogP contribution in [-0.2, 0) is 29.1 Å². The van der Waals surface area contributed by atoms with Crippen LogP contribution < -0.4 is 11.2 Å².